The number of rotatable bonds is 0. The van der Waals surface area contributed by atoms with Gasteiger partial charge in [0.15, 0.2) is 0 Å². The van der Waals surface area contributed by atoms with Crippen LogP contribution < -0.4 is 5.73 Å². The highest BCUT2D eigenvalue weighted by Gasteiger charge is 2.27. The lowest BCUT2D eigenvalue weighted by Crippen LogP contribution is -2.04. The van der Waals surface area contributed by atoms with Gasteiger partial charge in [0.05, 0.1) is 0 Å². The summed E-state index contributed by atoms with van der Waals surface area (Å²) >= 11 is 0. The van der Waals surface area contributed by atoms with Crippen LogP contribution in [0, 0.1) is 0 Å². The molecule has 0 spiro atoms. The third kappa shape index (κ3) is 0.941. The normalized spacial score (nSPS) is 23.6. The molecule has 1 aromatic heterocycles. The Kier molecular flexibility index (Phi) is 1.61. The number of nitrogens with zero attached hydrogens (tertiary/aromatic N) is 1. The first-order valence-corrected chi connectivity index (χ1v) is 5.57. The average Bonchev–Trinajstić information content (AvgIpc) is 2.75. The van der Waals surface area contributed by atoms with Crippen molar-refractivity contribution in [3.05, 3.63) is 22.5 Å². The number of nitrogen functional groups attached to an aromatic ring is 1. The minimum Gasteiger partial charge on any atom is -0.398 e. The van der Waals surface area contributed by atoms with Crippen LogP contribution in [0.4, 0.5) is 5.69 Å². The molecule has 0 bridgehead atoms. The molecule has 0 saturated carbocycles. The van der Waals surface area contributed by atoms with Gasteiger partial charge in [-0.2, -0.15) is 0 Å². The molecule has 2 aliphatic carbocycles. The summed E-state index contributed by atoms with van der Waals surface area (Å²) < 4.78 is 0. The maximum Gasteiger partial charge on any atom is 0.0487 e. The summed E-state index contributed by atoms with van der Waals surface area (Å²) in [5, 5.41) is 0. The van der Waals surface area contributed by atoms with Gasteiger partial charge in [-0.1, -0.05) is 6.92 Å². The van der Waals surface area contributed by atoms with E-state index in [1.807, 2.05) is 0 Å². The van der Waals surface area contributed by atoms with Crippen LogP contribution in [0.25, 0.3) is 0 Å². The van der Waals surface area contributed by atoms with Crippen molar-refractivity contribution in [3.63, 3.8) is 0 Å². The van der Waals surface area contributed by atoms with Crippen LogP contribution in [-0.4, -0.2) is 4.98 Å². The van der Waals surface area contributed by atoms with Crippen molar-refractivity contribution in [2.75, 3.05) is 5.73 Å². The van der Waals surface area contributed by atoms with E-state index in [-0.39, 0.29) is 0 Å². The van der Waals surface area contributed by atoms with Gasteiger partial charge in [-0.05, 0) is 49.1 Å². The molecule has 1 atom stereocenters. The number of fused-ring (bicyclic) bond motifs is 2. The smallest absolute Gasteiger partial charge is 0.0487 e. The maximum atomic E-state index is 6.21. The zero-order chi connectivity index (χ0) is 9.71. The van der Waals surface area contributed by atoms with Crippen LogP contribution in [0.1, 0.15) is 48.2 Å². The Morgan fingerprint density at radius 1 is 1.21 bits per heavy atom. The Morgan fingerprint density at radius 2 is 2.07 bits per heavy atom. The lowest BCUT2D eigenvalue weighted by molar-refractivity contribution is 0.726. The summed E-state index contributed by atoms with van der Waals surface area (Å²) in [4.78, 5) is 4.80. The second-order valence-corrected chi connectivity index (χ2v) is 4.61. The Balaban J connectivity index is 2.24. The molecule has 14 heavy (non-hydrogen) atoms. The first-order chi connectivity index (χ1) is 6.77. The third-order valence-corrected chi connectivity index (χ3v) is 3.70. The highest BCUT2D eigenvalue weighted by Crippen LogP contribution is 2.39. The quantitative estimate of drug-likeness (QED) is 0.678. The van der Waals surface area contributed by atoms with E-state index in [2.05, 4.69) is 6.92 Å². The summed E-state index contributed by atoms with van der Waals surface area (Å²) in [6.45, 7) is 2.26. The molecule has 0 amide bonds. The zero-order valence-corrected chi connectivity index (χ0v) is 8.64. The lowest BCUT2D eigenvalue weighted by Gasteiger charge is -2.10. The first kappa shape index (κ1) is 8.27. The molecule has 1 aromatic rings. The number of pyridine rings is 1. The van der Waals surface area contributed by atoms with Gasteiger partial charge in [-0.15, -0.1) is 0 Å². The molecule has 2 N–H and O–H groups in total. The SMILES string of the molecule is C[C@H]1CCc2c1nc1c(c2N)CCC1. The molecule has 2 aliphatic rings. The Bertz CT molecular complexity index is 396. The van der Waals surface area contributed by atoms with Gasteiger partial charge in [0.25, 0.3) is 0 Å². The summed E-state index contributed by atoms with van der Waals surface area (Å²) in [7, 11) is 0. The third-order valence-electron chi connectivity index (χ3n) is 3.70. The van der Waals surface area contributed by atoms with Crippen LogP contribution in [0.15, 0.2) is 0 Å². The Hall–Kier alpha value is -1.05. The van der Waals surface area contributed by atoms with Crippen molar-refractivity contribution in [1.82, 2.24) is 4.98 Å². The molecular weight excluding hydrogens is 172 g/mol. The summed E-state index contributed by atoms with van der Waals surface area (Å²) in [6, 6.07) is 0. The van der Waals surface area contributed by atoms with Crippen LogP contribution in [0.5, 0.6) is 0 Å². The molecule has 1 heterocycles. The molecule has 0 aliphatic heterocycles. The van der Waals surface area contributed by atoms with E-state index in [9.17, 15) is 0 Å². The number of hydrogen-bond donors (Lipinski definition) is 1. The van der Waals surface area contributed by atoms with E-state index in [0.29, 0.717) is 5.92 Å². The molecule has 0 radical (unpaired) electrons. The number of hydrogen-bond acceptors (Lipinski definition) is 2. The summed E-state index contributed by atoms with van der Waals surface area (Å²) in [5.41, 5.74) is 12.6. The predicted octanol–water partition coefficient (Wildman–Crippen LogP) is 2.20. The van der Waals surface area contributed by atoms with Crippen molar-refractivity contribution in [2.24, 2.45) is 0 Å². The molecule has 0 saturated heterocycles. The fraction of sp³-hybridized carbons (Fsp3) is 0.583. The molecule has 0 aromatic carbocycles. The second-order valence-electron chi connectivity index (χ2n) is 4.61. The van der Waals surface area contributed by atoms with Gasteiger partial charge in [-0.3, -0.25) is 4.98 Å². The van der Waals surface area contributed by atoms with Crippen molar-refractivity contribution >= 4 is 5.69 Å². The minimum absolute atomic E-state index is 0.623. The van der Waals surface area contributed by atoms with Crippen LogP contribution >= 0.6 is 0 Å². The predicted molar refractivity (Wildman–Crippen MR) is 57.4 cm³/mol. The van der Waals surface area contributed by atoms with Crippen molar-refractivity contribution in [3.8, 4) is 0 Å². The zero-order valence-electron chi connectivity index (χ0n) is 8.64. The van der Waals surface area contributed by atoms with Crippen LogP contribution in [-0.2, 0) is 19.3 Å². The van der Waals surface area contributed by atoms with Crippen LogP contribution in [0.3, 0.4) is 0 Å². The molecule has 74 valence electrons. The highest BCUT2D eigenvalue weighted by molar-refractivity contribution is 5.60. The highest BCUT2D eigenvalue weighted by atomic mass is 14.8. The van der Waals surface area contributed by atoms with Gasteiger partial charge in [0, 0.05) is 17.1 Å². The van der Waals surface area contributed by atoms with E-state index in [1.54, 1.807) is 0 Å². The average molecular weight is 188 g/mol. The van der Waals surface area contributed by atoms with E-state index < -0.39 is 0 Å². The van der Waals surface area contributed by atoms with E-state index in [0.717, 1.165) is 24.9 Å². The molecule has 3 rings (SSSR count). The van der Waals surface area contributed by atoms with E-state index in [4.69, 9.17) is 10.7 Å². The number of anilines is 1. The van der Waals surface area contributed by atoms with Crippen molar-refractivity contribution in [2.45, 2.75) is 44.9 Å². The molecule has 2 nitrogen and oxygen atoms in total. The van der Waals surface area contributed by atoms with E-state index in [1.165, 1.54) is 35.4 Å². The topological polar surface area (TPSA) is 38.9 Å². The molecule has 0 fully saturated rings. The number of nitrogens with two attached hydrogens (primary N) is 1. The minimum atomic E-state index is 0.623. The van der Waals surface area contributed by atoms with Crippen molar-refractivity contribution < 1.29 is 0 Å². The van der Waals surface area contributed by atoms with Crippen LogP contribution in [0.2, 0.25) is 0 Å². The van der Waals surface area contributed by atoms with Crippen molar-refractivity contribution in [1.29, 1.82) is 0 Å². The largest absolute Gasteiger partial charge is 0.398 e. The van der Waals surface area contributed by atoms with Gasteiger partial charge in [0.1, 0.15) is 0 Å². The first-order valence-electron chi connectivity index (χ1n) is 5.57. The summed E-state index contributed by atoms with van der Waals surface area (Å²) in [6.07, 6.45) is 5.90. The maximum absolute atomic E-state index is 6.21. The molecule has 0 unspecified atom stereocenters. The standard InChI is InChI=1S/C12H16N2/c1-7-5-6-9-11(13)8-3-2-4-10(8)14-12(7)9/h7H,2-6H2,1H3,(H2,13,14)/t7-/m0/s1. The van der Waals surface area contributed by atoms with Gasteiger partial charge in [0.2, 0.25) is 0 Å². The fourth-order valence-corrected chi connectivity index (χ4v) is 2.84. The Labute approximate surface area is 84.5 Å². The van der Waals surface area contributed by atoms with Gasteiger partial charge < -0.3 is 5.73 Å². The van der Waals surface area contributed by atoms with E-state index >= 15 is 0 Å². The molecule has 2 heteroatoms. The van der Waals surface area contributed by atoms with Gasteiger partial charge >= 0.3 is 0 Å². The lowest BCUT2D eigenvalue weighted by atomic mass is 10.1. The van der Waals surface area contributed by atoms with Gasteiger partial charge in [-0.25, -0.2) is 0 Å². The number of aryl methyl sites for hydroxylation is 1. The molecular formula is C12H16N2. The number of aromatic nitrogens is 1. The Morgan fingerprint density at radius 3 is 2.93 bits per heavy atom. The monoisotopic (exact) mass is 188 g/mol. The summed E-state index contributed by atoms with van der Waals surface area (Å²) in [5.74, 6) is 0.623. The second kappa shape index (κ2) is 2.72. The fourth-order valence-electron chi connectivity index (χ4n) is 2.84.